The number of carbonyl (C=O) groups is 1. The highest BCUT2D eigenvalue weighted by molar-refractivity contribution is 5.92. The molecule has 9 nitrogen and oxygen atoms in total. The van der Waals surface area contributed by atoms with Gasteiger partial charge in [-0.15, -0.1) is 15.3 Å². The van der Waals surface area contributed by atoms with E-state index in [9.17, 15) is 4.79 Å². The Hall–Kier alpha value is -2.97. The van der Waals surface area contributed by atoms with E-state index in [0.29, 0.717) is 18.8 Å². The van der Waals surface area contributed by atoms with E-state index in [-0.39, 0.29) is 11.8 Å². The van der Waals surface area contributed by atoms with Crippen molar-refractivity contribution in [2.75, 3.05) is 32.1 Å². The number of hydrogen-bond acceptors (Lipinski definition) is 6. The van der Waals surface area contributed by atoms with Crippen molar-refractivity contribution in [3.05, 3.63) is 35.4 Å². The predicted octanol–water partition coefficient (Wildman–Crippen LogP) is 1.25. The Bertz CT molecular complexity index is 961. The van der Waals surface area contributed by atoms with Gasteiger partial charge in [-0.2, -0.15) is 9.61 Å². The summed E-state index contributed by atoms with van der Waals surface area (Å²) in [6, 6.07) is 5.71. The third-order valence-corrected chi connectivity index (χ3v) is 5.21. The number of carbonyl (C=O) groups excluding carboxylic acids is 1. The second-order valence-corrected chi connectivity index (χ2v) is 7.28. The molecule has 0 saturated carbocycles. The van der Waals surface area contributed by atoms with Gasteiger partial charge in [-0.3, -0.25) is 9.48 Å². The fourth-order valence-corrected chi connectivity index (χ4v) is 3.46. The molecule has 1 saturated heterocycles. The molecule has 0 aliphatic carbocycles. The zero-order valence-corrected chi connectivity index (χ0v) is 16.1. The first kappa shape index (κ1) is 17.4. The summed E-state index contributed by atoms with van der Waals surface area (Å²) in [7, 11) is 5.77. The van der Waals surface area contributed by atoms with Gasteiger partial charge in [-0.25, -0.2) is 0 Å². The molecule has 0 spiro atoms. The Labute approximate surface area is 157 Å². The molecular formula is C18H24N8O. The molecule has 0 radical (unpaired) electrons. The summed E-state index contributed by atoms with van der Waals surface area (Å²) < 4.78 is 3.57. The Kier molecular flexibility index (Phi) is 4.29. The van der Waals surface area contributed by atoms with Gasteiger partial charge in [0.25, 0.3) is 5.91 Å². The molecule has 0 unspecified atom stereocenters. The van der Waals surface area contributed by atoms with Crippen molar-refractivity contribution in [3.8, 4) is 0 Å². The van der Waals surface area contributed by atoms with Gasteiger partial charge in [-0.05, 0) is 38.0 Å². The zero-order chi connectivity index (χ0) is 19.1. The van der Waals surface area contributed by atoms with Crippen LogP contribution in [0.15, 0.2) is 18.2 Å². The molecule has 4 rings (SSSR count). The molecule has 9 heteroatoms. The Morgan fingerprint density at radius 3 is 2.52 bits per heavy atom. The van der Waals surface area contributed by atoms with E-state index in [1.54, 1.807) is 4.68 Å². The van der Waals surface area contributed by atoms with E-state index in [1.807, 2.05) is 60.6 Å². The minimum absolute atomic E-state index is 0.00345. The van der Waals surface area contributed by atoms with E-state index in [0.717, 1.165) is 35.8 Å². The highest BCUT2D eigenvalue weighted by Crippen LogP contribution is 2.28. The lowest BCUT2D eigenvalue weighted by atomic mass is 9.96. The number of rotatable bonds is 3. The van der Waals surface area contributed by atoms with Crippen molar-refractivity contribution in [1.82, 2.24) is 34.5 Å². The molecule has 4 heterocycles. The smallest absolute Gasteiger partial charge is 0.274 e. The number of amides is 1. The largest absolute Gasteiger partial charge is 0.361 e. The van der Waals surface area contributed by atoms with Crippen molar-refractivity contribution in [3.63, 3.8) is 0 Å². The monoisotopic (exact) mass is 368 g/mol. The van der Waals surface area contributed by atoms with Crippen LogP contribution in [0.4, 0.5) is 5.82 Å². The standard InChI is InChI=1S/C18H24N8O/c1-12-11-14(21-24(12)4)18(27)25-9-7-13(8-10-25)17-20-19-15-5-6-16(23(2)3)22-26(15)17/h5-6,11,13H,7-10H2,1-4H3. The molecule has 27 heavy (non-hydrogen) atoms. The summed E-state index contributed by atoms with van der Waals surface area (Å²) in [6.45, 7) is 3.31. The lowest BCUT2D eigenvalue weighted by Gasteiger charge is -2.30. The molecule has 3 aromatic rings. The van der Waals surface area contributed by atoms with Crippen LogP contribution < -0.4 is 4.90 Å². The molecule has 1 aliphatic heterocycles. The van der Waals surface area contributed by atoms with Gasteiger partial charge in [0.15, 0.2) is 17.2 Å². The van der Waals surface area contributed by atoms with Crippen LogP contribution in [0.1, 0.15) is 40.8 Å². The number of aromatic nitrogens is 6. The Balaban J connectivity index is 1.50. The van der Waals surface area contributed by atoms with Crippen LogP contribution in [0, 0.1) is 6.92 Å². The van der Waals surface area contributed by atoms with Crippen molar-refractivity contribution < 1.29 is 4.79 Å². The molecule has 0 bridgehead atoms. The van der Waals surface area contributed by atoms with Gasteiger partial charge in [0.2, 0.25) is 0 Å². The van der Waals surface area contributed by atoms with Gasteiger partial charge in [0, 0.05) is 45.8 Å². The number of fused-ring (bicyclic) bond motifs is 1. The van der Waals surface area contributed by atoms with Crippen molar-refractivity contribution >= 4 is 17.4 Å². The number of anilines is 1. The summed E-state index contributed by atoms with van der Waals surface area (Å²) in [5, 5.41) is 17.6. The van der Waals surface area contributed by atoms with E-state index in [1.165, 1.54) is 0 Å². The molecule has 1 aliphatic rings. The zero-order valence-electron chi connectivity index (χ0n) is 16.1. The maximum atomic E-state index is 12.7. The van der Waals surface area contributed by atoms with Crippen LogP contribution in [0.5, 0.6) is 0 Å². The van der Waals surface area contributed by atoms with Gasteiger partial charge < -0.3 is 9.80 Å². The second kappa shape index (κ2) is 6.64. The molecule has 0 aromatic carbocycles. The summed E-state index contributed by atoms with van der Waals surface area (Å²) in [4.78, 5) is 16.5. The third kappa shape index (κ3) is 3.13. The van der Waals surface area contributed by atoms with Crippen molar-refractivity contribution in [2.45, 2.75) is 25.7 Å². The van der Waals surface area contributed by atoms with Gasteiger partial charge >= 0.3 is 0 Å². The number of hydrogen-bond donors (Lipinski definition) is 0. The van der Waals surface area contributed by atoms with E-state index in [4.69, 9.17) is 0 Å². The average molecular weight is 368 g/mol. The maximum absolute atomic E-state index is 12.7. The summed E-state index contributed by atoms with van der Waals surface area (Å²) in [5.74, 6) is 1.96. The van der Waals surface area contributed by atoms with E-state index < -0.39 is 0 Å². The highest BCUT2D eigenvalue weighted by atomic mass is 16.2. The number of aryl methyl sites for hydroxylation is 2. The summed E-state index contributed by atoms with van der Waals surface area (Å²) >= 11 is 0. The molecular weight excluding hydrogens is 344 g/mol. The van der Waals surface area contributed by atoms with Crippen molar-refractivity contribution in [1.29, 1.82) is 0 Å². The maximum Gasteiger partial charge on any atom is 0.274 e. The van der Waals surface area contributed by atoms with Crippen LogP contribution in [-0.2, 0) is 7.05 Å². The molecule has 142 valence electrons. The first-order valence-corrected chi connectivity index (χ1v) is 9.13. The predicted molar refractivity (Wildman–Crippen MR) is 101 cm³/mol. The van der Waals surface area contributed by atoms with Crippen molar-refractivity contribution in [2.24, 2.45) is 7.05 Å². The second-order valence-electron chi connectivity index (χ2n) is 7.28. The van der Waals surface area contributed by atoms with Crippen LogP contribution >= 0.6 is 0 Å². The fourth-order valence-electron chi connectivity index (χ4n) is 3.46. The minimum atomic E-state index is -0.00345. The number of likely N-dealkylation sites (tertiary alicyclic amines) is 1. The third-order valence-electron chi connectivity index (χ3n) is 5.21. The number of nitrogens with zero attached hydrogens (tertiary/aromatic N) is 8. The highest BCUT2D eigenvalue weighted by Gasteiger charge is 2.29. The van der Waals surface area contributed by atoms with E-state index in [2.05, 4.69) is 20.4 Å². The number of piperidine rings is 1. The quantitative estimate of drug-likeness (QED) is 0.692. The average Bonchev–Trinajstić information content (AvgIpc) is 3.24. The Morgan fingerprint density at radius 2 is 1.89 bits per heavy atom. The van der Waals surface area contributed by atoms with Crippen LogP contribution in [-0.4, -0.2) is 67.6 Å². The lowest BCUT2D eigenvalue weighted by molar-refractivity contribution is 0.0704. The Morgan fingerprint density at radius 1 is 1.15 bits per heavy atom. The normalized spacial score (nSPS) is 15.5. The topological polar surface area (TPSA) is 84.5 Å². The van der Waals surface area contributed by atoms with Crippen LogP contribution in [0.2, 0.25) is 0 Å². The molecule has 1 amide bonds. The molecule has 0 N–H and O–H groups in total. The van der Waals surface area contributed by atoms with Gasteiger partial charge in [0.1, 0.15) is 5.82 Å². The van der Waals surface area contributed by atoms with Gasteiger partial charge in [-0.1, -0.05) is 0 Å². The van der Waals surface area contributed by atoms with Crippen LogP contribution in [0.3, 0.4) is 0 Å². The summed E-state index contributed by atoms with van der Waals surface area (Å²) in [5.41, 5.74) is 2.24. The minimum Gasteiger partial charge on any atom is -0.361 e. The SMILES string of the molecule is Cc1cc(C(=O)N2CCC(c3nnc4ccc(N(C)C)nn34)CC2)nn1C. The first-order chi connectivity index (χ1) is 12.9. The fraction of sp³-hybridized carbons (Fsp3) is 0.500. The first-order valence-electron chi connectivity index (χ1n) is 9.13. The van der Waals surface area contributed by atoms with Crippen LogP contribution in [0.25, 0.3) is 5.65 Å². The molecule has 3 aromatic heterocycles. The molecule has 0 atom stereocenters. The molecule has 1 fully saturated rings. The van der Waals surface area contributed by atoms with Gasteiger partial charge in [0.05, 0.1) is 0 Å². The lowest BCUT2D eigenvalue weighted by Crippen LogP contribution is -2.38. The summed E-state index contributed by atoms with van der Waals surface area (Å²) in [6.07, 6.45) is 1.68. The van der Waals surface area contributed by atoms with E-state index >= 15 is 0 Å².